The molecular weight excluding hydrogens is 260 g/mol. The summed E-state index contributed by atoms with van der Waals surface area (Å²) in [6.07, 6.45) is -0.108. The number of ether oxygens (including phenoxy) is 1. The average molecular weight is 278 g/mol. The molecule has 6 heteroatoms. The fraction of sp³-hybridized carbons (Fsp3) is 0.429. The van der Waals surface area contributed by atoms with Gasteiger partial charge in [-0.2, -0.15) is 0 Å². The number of hydrogen-bond acceptors (Lipinski definition) is 3. The summed E-state index contributed by atoms with van der Waals surface area (Å²) in [5, 5.41) is 11.7. The minimum Gasteiger partial charge on any atom is -0.497 e. The number of methoxy groups -OCH3 is 1. The van der Waals surface area contributed by atoms with E-state index < -0.39 is 6.09 Å². The van der Waals surface area contributed by atoms with Gasteiger partial charge in [0.2, 0.25) is 0 Å². The highest BCUT2D eigenvalue weighted by atomic mass is 16.5. The molecule has 1 atom stereocenters. The van der Waals surface area contributed by atoms with Gasteiger partial charge in [-0.25, -0.2) is 4.79 Å². The second-order valence-electron chi connectivity index (χ2n) is 4.82. The lowest BCUT2D eigenvalue weighted by molar-refractivity contribution is 0.0947. The van der Waals surface area contributed by atoms with Crippen molar-refractivity contribution in [1.29, 1.82) is 0 Å². The molecule has 0 unspecified atom stereocenters. The topological polar surface area (TPSA) is 78.9 Å². The zero-order valence-corrected chi connectivity index (χ0v) is 11.3. The summed E-state index contributed by atoms with van der Waals surface area (Å²) in [4.78, 5) is 24.1. The highest BCUT2D eigenvalue weighted by molar-refractivity contribution is 5.94. The normalized spacial score (nSPS) is 17.9. The number of carboxylic acid groups (broad SMARTS) is 1. The molecule has 1 aliphatic heterocycles. The van der Waals surface area contributed by atoms with Crippen molar-refractivity contribution in [1.82, 2.24) is 10.2 Å². The molecule has 0 saturated carbocycles. The number of hydrogen-bond donors (Lipinski definition) is 2. The third-order valence-corrected chi connectivity index (χ3v) is 3.46. The van der Waals surface area contributed by atoms with Gasteiger partial charge in [0, 0.05) is 25.2 Å². The standard InChI is InChI=1S/C14H18N2O4/c1-20-12-4-2-11(3-5-12)13(17)15-8-10-6-7-16(9-10)14(18)19/h2-5,10H,6-9H2,1H3,(H,15,17)(H,18,19)/t10-/m0/s1. The van der Waals surface area contributed by atoms with Crippen molar-refractivity contribution in [2.45, 2.75) is 6.42 Å². The van der Waals surface area contributed by atoms with Gasteiger partial charge in [0.1, 0.15) is 5.75 Å². The van der Waals surface area contributed by atoms with Crippen molar-refractivity contribution in [2.75, 3.05) is 26.7 Å². The monoisotopic (exact) mass is 278 g/mol. The molecule has 0 aromatic heterocycles. The summed E-state index contributed by atoms with van der Waals surface area (Å²) in [7, 11) is 1.57. The number of carbonyl (C=O) groups is 2. The minimum atomic E-state index is -0.894. The van der Waals surface area contributed by atoms with E-state index in [1.807, 2.05) is 0 Å². The molecule has 6 nitrogen and oxygen atoms in total. The van der Waals surface area contributed by atoms with Crippen LogP contribution >= 0.6 is 0 Å². The van der Waals surface area contributed by atoms with Gasteiger partial charge in [0.25, 0.3) is 5.91 Å². The molecule has 1 aromatic rings. The van der Waals surface area contributed by atoms with Crippen molar-refractivity contribution < 1.29 is 19.4 Å². The van der Waals surface area contributed by atoms with Gasteiger partial charge in [0.15, 0.2) is 0 Å². The van der Waals surface area contributed by atoms with E-state index in [0.29, 0.717) is 30.9 Å². The number of nitrogens with one attached hydrogen (secondary N) is 1. The SMILES string of the molecule is COc1ccc(C(=O)NC[C@@H]2CCN(C(=O)O)C2)cc1. The fourth-order valence-electron chi connectivity index (χ4n) is 2.25. The Morgan fingerprint density at radius 1 is 1.40 bits per heavy atom. The van der Waals surface area contributed by atoms with E-state index in [0.717, 1.165) is 6.42 Å². The predicted octanol–water partition coefficient (Wildman–Crippen LogP) is 1.42. The summed E-state index contributed by atoms with van der Waals surface area (Å²) in [6.45, 7) is 1.52. The summed E-state index contributed by atoms with van der Waals surface area (Å²) in [5.41, 5.74) is 0.568. The number of amides is 2. The largest absolute Gasteiger partial charge is 0.497 e. The molecule has 0 radical (unpaired) electrons. The molecule has 1 heterocycles. The minimum absolute atomic E-state index is 0.151. The van der Waals surface area contributed by atoms with Crippen LogP contribution in [0.15, 0.2) is 24.3 Å². The van der Waals surface area contributed by atoms with Crippen molar-refractivity contribution in [3.05, 3.63) is 29.8 Å². The molecule has 2 amide bonds. The molecule has 2 N–H and O–H groups in total. The Morgan fingerprint density at radius 2 is 2.10 bits per heavy atom. The lowest BCUT2D eigenvalue weighted by atomic mass is 10.1. The maximum atomic E-state index is 11.9. The molecule has 1 aliphatic rings. The average Bonchev–Trinajstić information content (AvgIpc) is 2.94. The molecular formula is C14H18N2O4. The molecule has 0 aliphatic carbocycles. The van der Waals surface area contributed by atoms with Gasteiger partial charge in [-0.15, -0.1) is 0 Å². The summed E-state index contributed by atoms with van der Waals surface area (Å²) < 4.78 is 5.03. The highest BCUT2D eigenvalue weighted by Gasteiger charge is 2.25. The van der Waals surface area contributed by atoms with Gasteiger partial charge in [-0.3, -0.25) is 4.79 Å². The Balaban J connectivity index is 1.81. The van der Waals surface area contributed by atoms with Gasteiger partial charge < -0.3 is 20.1 Å². The number of rotatable bonds is 4. The molecule has 1 saturated heterocycles. The van der Waals surface area contributed by atoms with Crippen molar-refractivity contribution >= 4 is 12.0 Å². The molecule has 0 spiro atoms. The van der Waals surface area contributed by atoms with Crippen LogP contribution < -0.4 is 10.1 Å². The van der Waals surface area contributed by atoms with Gasteiger partial charge >= 0.3 is 6.09 Å². The number of likely N-dealkylation sites (tertiary alicyclic amines) is 1. The molecule has 20 heavy (non-hydrogen) atoms. The van der Waals surface area contributed by atoms with E-state index in [1.54, 1.807) is 31.4 Å². The van der Waals surface area contributed by atoms with E-state index in [1.165, 1.54) is 4.90 Å². The first-order valence-electron chi connectivity index (χ1n) is 6.50. The molecule has 0 bridgehead atoms. The number of nitrogens with zero attached hydrogens (tertiary/aromatic N) is 1. The summed E-state index contributed by atoms with van der Waals surface area (Å²) in [5.74, 6) is 0.740. The van der Waals surface area contributed by atoms with E-state index in [-0.39, 0.29) is 11.8 Å². The number of benzene rings is 1. The Labute approximate surface area is 117 Å². The lowest BCUT2D eigenvalue weighted by Crippen LogP contribution is -2.32. The Kier molecular flexibility index (Phi) is 4.45. The first-order valence-corrected chi connectivity index (χ1v) is 6.50. The van der Waals surface area contributed by atoms with Crippen LogP contribution in [0.4, 0.5) is 4.79 Å². The first-order chi connectivity index (χ1) is 9.60. The Bertz CT molecular complexity index is 486. The zero-order chi connectivity index (χ0) is 14.5. The predicted molar refractivity (Wildman–Crippen MR) is 73.0 cm³/mol. The van der Waals surface area contributed by atoms with Crippen LogP contribution in [-0.2, 0) is 0 Å². The van der Waals surface area contributed by atoms with E-state index in [2.05, 4.69) is 5.32 Å². The van der Waals surface area contributed by atoms with Gasteiger partial charge in [-0.1, -0.05) is 0 Å². The molecule has 2 rings (SSSR count). The smallest absolute Gasteiger partial charge is 0.407 e. The lowest BCUT2D eigenvalue weighted by Gasteiger charge is -2.13. The van der Waals surface area contributed by atoms with Crippen LogP contribution in [0.25, 0.3) is 0 Å². The van der Waals surface area contributed by atoms with Crippen LogP contribution in [-0.4, -0.2) is 48.8 Å². The second kappa shape index (κ2) is 6.27. The molecule has 1 fully saturated rings. The van der Waals surface area contributed by atoms with Gasteiger partial charge in [-0.05, 0) is 36.6 Å². The van der Waals surface area contributed by atoms with Gasteiger partial charge in [0.05, 0.1) is 7.11 Å². The third kappa shape index (κ3) is 3.40. The fourth-order valence-corrected chi connectivity index (χ4v) is 2.25. The molecule has 1 aromatic carbocycles. The van der Waals surface area contributed by atoms with Crippen LogP contribution in [0.1, 0.15) is 16.8 Å². The quantitative estimate of drug-likeness (QED) is 0.873. The van der Waals surface area contributed by atoms with Crippen molar-refractivity contribution in [3.8, 4) is 5.75 Å². The van der Waals surface area contributed by atoms with Crippen molar-refractivity contribution in [3.63, 3.8) is 0 Å². The Morgan fingerprint density at radius 3 is 2.65 bits per heavy atom. The van der Waals surface area contributed by atoms with Crippen LogP contribution in [0.3, 0.4) is 0 Å². The van der Waals surface area contributed by atoms with Crippen LogP contribution in [0.5, 0.6) is 5.75 Å². The van der Waals surface area contributed by atoms with Crippen LogP contribution in [0, 0.1) is 5.92 Å². The third-order valence-electron chi connectivity index (χ3n) is 3.46. The van der Waals surface area contributed by atoms with E-state index in [9.17, 15) is 9.59 Å². The first kappa shape index (κ1) is 14.2. The number of carbonyl (C=O) groups excluding carboxylic acids is 1. The second-order valence-corrected chi connectivity index (χ2v) is 4.82. The summed E-state index contributed by atoms with van der Waals surface area (Å²) in [6, 6.07) is 6.87. The van der Waals surface area contributed by atoms with E-state index in [4.69, 9.17) is 9.84 Å². The maximum Gasteiger partial charge on any atom is 0.407 e. The maximum absolute atomic E-state index is 11.9. The molecule has 108 valence electrons. The summed E-state index contributed by atoms with van der Waals surface area (Å²) >= 11 is 0. The van der Waals surface area contributed by atoms with E-state index >= 15 is 0 Å². The highest BCUT2D eigenvalue weighted by Crippen LogP contribution is 2.16. The zero-order valence-electron chi connectivity index (χ0n) is 11.3. The Hall–Kier alpha value is -2.24. The van der Waals surface area contributed by atoms with Crippen molar-refractivity contribution in [2.24, 2.45) is 5.92 Å². The van der Waals surface area contributed by atoms with Crippen LogP contribution in [0.2, 0.25) is 0 Å².